The molecule has 0 aliphatic rings. The highest BCUT2D eigenvalue weighted by Gasteiger charge is 2.19. The Kier molecular flexibility index (Phi) is 4.50. The summed E-state index contributed by atoms with van der Waals surface area (Å²) >= 11 is 6.10. The molecule has 0 atom stereocenters. The highest BCUT2D eigenvalue weighted by atomic mass is 35.5. The lowest BCUT2D eigenvalue weighted by molar-refractivity contribution is 0.0831. The third kappa shape index (κ3) is 3.19. The predicted octanol–water partition coefficient (Wildman–Crippen LogP) is 2.45. The normalized spacial score (nSPS) is 10.8. The van der Waals surface area contributed by atoms with E-state index in [9.17, 15) is 9.59 Å². The van der Waals surface area contributed by atoms with Crippen molar-refractivity contribution in [2.75, 3.05) is 0 Å². The Labute approximate surface area is 163 Å². The lowest BCUT2D eigenvalue weighted by atomic mass is 10.1. The molecule has 2 amide bonds. The van der Waals surface area contributed by atoms with Crippen LogP contribution in [0.15, 0.2) is 53.2 Å². The number of furan rings is 1. The van der Waals surface area contributed by atoms with Crippen LogP contribution in [0.25, 0.3) is 16.7 Å². The summed E-state index contributed by atoms with van der Waals surface area (Å²) in [6.07, 6.45) is 1.44. The summed E-state index contributed by atoms with van der Waals surface area (Å²) in [6, 6.07) is 11.8. The number of aromatic nitrogens is 4. The van der Waals surface area contributed by atoms with Gasteiger partial charge >= 0.3 is 5.91 Å². The van der Waals surface area contributed by atoms with Crippen LogP contribution in [-0.2, 0) is 0 Å². The molecule has 2 N–H and O–H groups in total. The van der Waals surface area contributed by atoms with Crippen LogP contribution in [0.2, 0.25) is 5.02 Å². The van der Waals surface area contributed by atoms with Crippen molar-refractivity contribution >= 4 is 34.4 Å². The van der Waals surface area contributed by atoms with Crippen molar-refractivity contribution in [1.82, 2.24) is 31.1 Å². The van der Waals surface area contributed by atoms with Gasteiger partial charge in [-0.2, -0.15) is 0 Å². The van der Waals surface area contributed by atoms with Gasteiger partial charge in [0, 0.05) is 16.5 Å². The van der Waals surface area contributed by atoms with E-state index in [0.29, 0.717) is 27.4 Å². The van der Waals surface area contributed by atoms with E-state index in [1.807, 2.05) is 6.07 Å². The summed E-state index contributed by atoms with van der Waals surface area (Å²) in [7, 11) is 0. The van der Waals surface area contributed by atoms with E-state index < -0.39 is 11.8 Å². The minimum atomic E-state index is -0.580. The molecule has 28 heavy (non-hydrogen) atoms. The number of hydrazine groups is 1. The van der Waals surface area contributed by atoms with E-state index in [1.165, 1.54) is 11.0 Å². The Morgan fingerprint density at radius 1 is 1.07 bits per heavy atom. The number of hydrogen-bond donors (Lipinski definition) is 2. The highest BCUT2D eigenvalue weighted by molar-refractivity contribution is 6.35. The third-order valence-electron chi connectivity index (χ3n) is 4.15. The fraction of sp³-hybridized carbons (Fsp3) is 0.0556. The molecule has 0 saturated heterocycles. The number of fused-ring (bicyclic) bond motifs is 1. The Bertz CT molecular complexity index is 1170. The van der Waals surface area contributed by atoms with Gasteiger partial charge in [0.05, 0.1) is 10.7 Å². The van der Waals surface area contributed by atoms with Crippen molar-refractivity contribution in [3.63, 3.8) is 0 Å². The molecule has 0 radical (unpaired) electrons. The molecule has 0 bridgehead atoms. The maximum absolute atomic E-state index is 12.4. The largest absolute Gasteiger partial charge is 0.449 e. The third-order valence-corrected chi connectivity index (χ3v) is 4.45. The van der Waals surface area contributed by atoms with Gasteiger partial charge in [0.2, 0.25) is 0 Å². The van der Waals surface area contributed by atoms with Crippen LogP contribution in [0.5, 0.6) is 0 Å². The molecule has 9 nitrogen and oxygen atoms in total. The lowest BCUT2D eigenvalue weighted by Gasteiger charge is -2.07. The van der Waals surface area contributed by atoms with Crippen molar-refractivity contribution in [3.8, 4) is 5.69 Å². The second-order valence-corrected chi connectivity index (χ2v) is 6.29. The van der Waals surface area contributed by atoms with E-state index in [1.54, 1.807) is 43.3 Å². The first-order valence-corrected chi connectivity index (χ1v) is 8.54. The number of nitrogens with zero attached hydrogens (tertiary/aromatic N) is 4. The molecule has 0 spiro atoms. The zero-order valence-corrected chi connectivity index (χ0v) is 15.3. The Morgan fingerprint density at radius 2 is 1.82 bits per heavy atom. The lowest BCUT2D eigenvalue weighted by Crippen LogP contribution is -2.41. The first-order chi connectivity index (χ1) is 13.5. The van der Waals surface area contributed by atoms with Gasteiger partial charge in [-0.05, 0) is 47.7 Å². The van der Waals surface area contributed by atoms with Gasteiger partial charge in [0.15, 0.2) is 11.3 Å². The highest BCUT2D eigenvalue weighted by Crippen LogP contribution is 2.30. The molecule has 140 valence electrons. The quantitative estimate of drug-likeness (QED) is 0.514. The van der Waals surface area contributed by atoms with Gasteiger partial charge in [-0.1, -0.05) is 23.7 Å². The monoisotopic (exact) mass is 396 g/mol. The van der Waals surface area contributed by atoms with Gasteiger partial charge in [-0.3, -0.25) is 20.4 Å². The number of carbonyl (C=O) groups is 2. The van der Waals surface area contributed by atoms with E-state index >= 15 is 0 Å². The van der Waals surface area contributed by atoms with Crippen LogP contribution >= 0.6 is 11.6 Å². The van der Waals surface area contributed by atoms with Gasteiger partial charge in [-0.15, -0.1) is 5.10 Å². The number of aryl methyl sites for hydroxylation is 1. The van der Waals surface area contributed by atoms with Crippen LogP contribution in [-0.4, -0.2) is 32.0 Å². The van der Waals surface area contributed by atoms with Crippen LogP contribution < -0.4 is 10.9 Å². The van der Waals surface area contributed by atoms with Crippen molar-refractivity contribution in [2.45, 2.75) is 6.92 Å². The molecule has 2 heterocycles. The minimum absolute atomic E-state index is 0.0810. The summed E-state index contributed by atoms with van der Waals surface area (Å²) in [6.45, 7) is 1.75. The average Bonchev–Trinajstić information content (AvgIpc) is 3.36. The van der Waals surface area contributed by atoms with Gasteiger partial charge in [0.1, 0.15) is 6.33 Å². The van der Waals surface area contributed by atoms with E-state index in [2.05, 4.69) is 26.4 Å². The fourth-order valence-corrected chi connectivity index (χ4v) is 2.93. The molecule has 0 fully saturated rings. The number of carbonyl (C=O) groups excluding carboxylic acids is 2. The Morgan fingerprint density at radius 3 is 2.50 bits per heavy atom. The number of para-hydroxylation sites is 1. The molecule has 0 saturated carbocycles. The number of halogens is 1. The summed E-state index contributed by atoms with van der Waals surface area (Å²) in [5.41, 5.74) is 6.81. The number of benzene rings is 2. The molecule has 2 aromatic heterocycles. The van der Waals surface area contributed by atoms with Crippen LogP contribution in [0.1, 0.15) is 26.5 Å². The minimum Gasteiger partial charge on any atom is -0.449 e. The summed E-state index contributed by atoms with van der Waals surface area (Å²) in [4.78, 5) is 24.7. The van der Waals surface area contributed by atoms with Crippen molar-refractivity contribution in [1.29, 1.82) is 0 Å². The molecule has 10 heteroatoms. The topological polar surface area (TPSA) is 115 Å². The number of rotatable bonds is 3. The van der Waals surface area contributed by atoms with Crippen LogP contribution in [0, 0.1) is 6.92 Å². The SMILES string of the molecule is Cc1c(C(=O)NNC(=O)c2ccc(-n3cnnn3)cc2)oc2c(Cl)cccc12. The first-order valence-electron chi connectivity index (χ1n) is 8.16. The van der Waals surface area contributed by atoms with E-state index in [-0.39, 0.29) is 5.76 Å². The second kappa shape index (κ2) is 7.12. The number of tetrazole rings is 1. The number of amides is 2. The summed E-state index contributed by atoms with van der Waals surface area (Å²) in [5.74, 6) is -0.982. The zero-order chi connectivity index (χ0) is 19.7. The molecule has 4 aromatic rings. The standard InChI is InChI=1S/C18H13ClN6O3/c1-10-13-3-2-4-14(19)16(13)28-15(10)18(27)22-21-17(26)11-5-7-12(8-6-11)25-9-20-23-24-25/h2-9H,1H3,(H,21,26)(H,22,27). The summed E-state index contributed by atoms with van der Waals surface area (Å²) < 4.78 is 7.03. The van der Waals surface area contributed by atoms with E-state index in [0.717, 1.165) is 5.39 Å². The zero-order valence-electron chi connectivity index (χ0n) is 14.5. The van der Waals surface area contributed by atoms with Gasteiger partial charge in [-0.25, -0.2) is 4.68 Å². The molecule has 2 aromatic carbocycles. The Balaban J connectivity index is 1.45. The molecule has 0 aliphatic heterocycles. The molecule has 0 aliphatic carbocycles. The second-order valence-electron chi connectivity index (χ2n) is 5.88. The smallest absolute Gasteiger partial charge is 0.305 e. The van der Waals surface area contributed by atoms with E-state index in [4.69, 9.17) is 16.0 Å². The van der Waals surface area contributed by atoms with Crippen LogP contribution in [0.4, 0.5) is 0 Å². The van der Waals surface area contributed by atoms with Crippen molar-refractivity contribution < 1.29 is 14.0 Å². The van der Waals surface area contributed by atoms with Gasteiger partial charge < -0.3 is 4.42 Å². The summed E-state index contributed by atoms with van der Waals surface area (Å²) in [5, 5.41) is 12.0. The maximum Gasteiger partial charge on any atom is 0.305 e. The molecular weight excluding hydrogens is 384 g/mol. The predicted molar refractivity (Wildman–Crippen MR) is 100 cm³/mol. The fourth-order valence-electron chi connectivity index (χ4n) is 2.71. The molecule has 0 unspecified atom stereocenters. The van der Waals surface area contributed by atoms with Crippen molar-refractivity contribution in [2.24, 2.45) is 0 Å². The maximum atomic E-state index is 12.4. The average molecular weight is 397 g/mol. The van der Waals surface area contributed by atoms with Crippen LogP contribution in [0.3, 0.4) is 0 Å². The first kappa shape index (κ1) is 17.7. The Hall–Kier alpha value is -3.72. The van der Waals surface area contributed by atoms with Crippen molar-refractivity contribution in [3.05, 3.63) is 70.7 Å². The number of nitrogens with one attached hydrogen (secondary N) is 2. The molecule has 4 rings (SSSR count). The van der Waals surface area contributed by atoms with Gasteiger partial charge in [0.25, 0.3) is 5.91 Å². The molecular formula is C18H13ClN6O3. The number of hydrogen-bond acceptors (Lipinski definition) is 6.